The zero-order valence-electron chi connectivity index (χ0n) is 41.8. The highest BCUT2D eigenvalue weighted by atomic mass is 15.1. The van der Waals surface area contributed by atoms with Crippen molar-refractivity contribution >= 4 is 110 Å². The van der Waals surface area contributed by atoms with Gasteiger partial charge in [0.2, 0.25) is 0 Å². The lowest BCUT2D eigenvalue weighted by molar-refractivity contribution is 0.846. The number of fused-ring (bicyclic) bond motifs is 9. The lowest BCUT2D eigenvalue weighted by Crippen LogP contribution is -2.35. The molecule has 2 nitrogen and oxygen atoms in total. The summed E-state index contributed by atoms with van der Waals surface area (Å²) in [4.78, 5) is 4.92. The molecule has 356 valence electrons. The third-order valence-corrected chi connectivity index (χ3v) is 16.1. The van der Waals surface area contributed by atoms with E-state index in [4.69, 9.17) is 0 Å². The van der Waals surface area contributed by atoms with E-state index < -0.39 is 0 Å². The van der Waals surface area contributed by atoms with Gasteiger partial charge in [-0.15, -0.1) is 0 Å². The summed E-state index contributed by atoms with van der Waals surface area (Å²) >= 11 is 0. The average molecular weight is 967 g/mol. The number of anilines is 6. The van der Waals surface area contributed by atoms with E-state index in [9.17, 15) is 0 Å². The zero-order chi connectivity index (χ0) is 50.1. The quantitative estimate of drug-likeness (QED) is 0.111. The number of rotatable bonds is 8. The second-order valence-electron chi connectivity index (χ2n) is 20.3. The minimum Gasteiger partial charge on any atom is -0.310 e. The molecule has 2 heteroatoms. The Morgan fingerprint density at radius 3 is 1.42 bits per heavy atom. The van der Waals surface area contributed by atoms with Crippen LogP contribution in [0.15, 0.2) is 285 Å². The predicted molar refractivity (Wildman–Crippen MR) is 324 cm³/mol. The van der Waals surface area contributed by atoms with Crippen LogP contribution >= 0.6 is 0 Å². The maximum absolute atomic E-state index is 2.51. The summed E-state index contributed by atoms with van der Waals surface area (Å²) in [5.41, 5.74) is 13.2. The second kappa shape index (κ2) is 18.0. The van der Waals surface area contributed by atoms with Gasteiger partial charge in [0.15, 0.2) is 0 Å². The van der Waals surface area contributed by atoms with Crippen molar-refractivity contribution in [2.45, 2.75) is 6.42 Å². The molecule has 13 aromatic carbocycles. The topological polar surface area (TPSA) is 6.48 Å². The average Bonchev–Trinajstić information content (AvgIpc) is 3.60. The third-order valence-electron chi connectivity index (χ3n) is 16.1. The number of nitrogens with zero attached hydrogens (tertiary/aromatic N) is 2. The smallest absolute Gasteiger partial charge is 0.0540 e. The Hall–Kier alpha value is -9.76. The van der Waals surface area contributed by atoms with E-state index in [2.05, 4.69) is 295 Å². The zero-order valence-corrected chi connectivity index (χ0v) is 41.8. The maximum atomic E-state index is 2.51. The minimum absolute atomic E-state index is 0.239. The van der Waals surface area contributed by atoms with Gasteiger partial charge in [0.1, 0.15) is 0 Å². The summed E-state index contributed by atoms with van der Waals surface area (Å²) in [5.74, 6) is 0.239. The summed E-state index contributed by atoms with van der Waals surface area (Å²) in [6.07, 6.45) is 10.1. The van der Waals surface area contributed by atoms with E-state index in [1.807, 2.05) is 0 Å². The molecule has 2 aliphatic carbocycles. The highest BCUT2D eigenvalue weighted by molar-refractivity contribution is 6.25. The molecule has 1 atom stereocenters. The molecule has 0 fully saturated rings. The lowest BCUT2D eigenvalue weighted by atomic mass is 9.76. The molecule has 0 radical (unpaired) electrons. The highest BCUT2D eigenvalue weighted by Crippen LogP contribution is 2.51. The van der Waals surface area contributed by atoms with Crippen LogP contribution < -0.4 is 20.2 Å². The summed E-state index contributed by atoms with van der Waals surface area (Å²) in [7, 11) is 0. The molecule has 0 bridgehead atoms. The third kappa shape index (κ3) is 7.10. The van der Waals surface area contributed by atoms with Crippen LogP contribution in [0.5, 0.6) is 0 Å². The van der Waals surface area contributed by atoms with Crippen LogP contribution in [0.25, 0.3) is 86.9 Å². The molecule has 13 aromatic rings. The molecule has 2 aliphatic rings. The fourth-order valence-corrected chi connectivity index (χ4v) is 12.8. The van der Waals surface area contributed by atoms with Gasteiger partial charge in [0.05, 0.1) is 11.4 Å². The lowest BCUT2D eigenvalue weighted by Gasteiger charge is -2.30. The van der Waals surface area contributed by atoms with Gasteiger partial charge in [-0.2, -0.15) is 0 Å². The standard InChI is InChI=1S/C74H50N2/c1-3-27-53(28-4-1)75(71-39-19-25-49-21-7-13-33-59(49)71)55-41-43-65-69(47-55)73(67-45-51-23-9-11-31-57(51)61-35-15-17-37-63(61)67)66-44-42-56(76(54-29-5-2-6-30-54)72-40-20-26-50-22-8-14-34-60(50)72)48-70(66)74(65)68-46-52-24-10-12-32-58(52)62-36-16-18-38-64(62)68/h1-45,47-48,52H,46H2. The fraction of sp³-hybridized carbons (Fsp3) is 0.0270. The van der Waals surface area contributed by atoms with Crippen LogP contribution in [0.1, 0.15) is 12.0 Å². The Morgan fingerprint density at radius 1 is 0.303 bits per heavy atom. The molecule has 0 saturated carbocycles. The van der Waals surface area contributed by atoms with E-state index in [0.717, 1.165) is 40.5 Å². The molecule has 0 amide bonds. The number of benzene rings is 13. The van der Waals surface area contributed by atoms with Crippen molar-refractivity contribution in [1.82, 2.24) is 0 Å². The Kier molecular flexibility index (Phi) is 10.4. The second-order valence-corrected chi connectivity index (χ2v) is 20.3. The number of hydrogen-bond acceptors (Lipinski definition) is 2. The molecular weight excluding hydrogens is 917 g/mol. The molecule has 76 heavy (non-hydrogen) atoms. The van der Waals surface area contributed by atoms with Gasteiger partial charge in [-0.1, -0.05) is 218 Å². The summed E-state index contributed by atoms with van der Waals surface area (Å²) < 4.78 is 0. The van der Waals surface area contributed by atoms with Crippen molar-refractivity contribution in [3.63, 3.8) is 0 Å². The van der Waals surface area contributed by atoms with Gasteiger partial charge in [-0.3, -0.25) is 0 Å². The maximum Gasteiger partial charge on any atom is 0.0540 e. The van der Waals surface area contributed by atoms with Gasteiger partial charge in [0, 0.05) is 39.4 Å². The molecule has 15 rings (SSSR count). The fourth-order valence-electron chi connectivity index (χ4n) is 12.8. The van der Waals surface area contributed by atoms with Gasteiger partial charge >= 0.3 is 0 Å². The van der Waals surface area contributed by atoms with E-state index in [-0.39, 0.29) is 5.92 Å². The first kappa shape index (κ1) is 43.8. The van der Waals surface area contributed by atoms with Crippen molar-refractivity contribution in [2.75, 3.05) is 9.80 Å². The van der Waals surface area contributed by atoms with Crippen molar-refractivity contribution < 1.29 is 0 Å². The van der Waals surface area contributed by atoms with E-state index in [0.29, 0.717) is 0 Å². The van der Waals surface area contributed by atoms with E-state index in [1.165, 1.54) is 103 Å². The first-order chi connectivity index (χ1) is 37.7. The predicted octanol–water partition coefficient (Wildman–Crippen LogP) is 18.7. The molecular formula is C74H50N2. The van der Waals surface area contributed by atoms with E-state index in [1.54, 1.807) is 0 Å². The summed E-state index contributed by atoms with van der Waals surface area (Å²) in [6, 6.07) is 96.9. The molecule has 0 aliphatic heterocycles. The van der Waals surface area contributed by atoms with Crippen LogP contribution in [-0.4, -0.2) is 0 Å². The largest absolute Gasteiger partial charge is 0.310 e. The Balaban J connectivity index is 1.13. The molecule has 0 N–H and O–H groups in total. The monoisotopic (exact) mass is 966 g/mol. The van der Waals surface area contributed by atoms with Gasteiger partial charge in [0.25, 0.3) is 0 Å². The van der Waals surface area contributed by atoms with Crippen LogP contribution in [0.2, 0.25) is 0 Å². The molecule has 1 unspecified atom stereocenters. The van der Waals surface area contributed by atoms with Gasteiger partial charge in [-0.05, 0) is 165 Å². The number of para-hydroxylation sites is 2. The van der Waals surface area contributed by atoms with Gasteiger partial charge in [-0.25, -0.2) is 0 Å². The Bertz CT molecular complexity index is 4670. The Morgan fingerprint density at radius 2 is 0.789 bits per heavy atom. The molecule has 0 aromatic heterocycles. The van der Waals surface area contributed by atoms with E-state index >= 15 is 0 Å². The van der Waals surface area contributed by atoms with Crippen molar-refractivity contribution in [2.24, 2.45) is 5.92 Å². The SMILES string of the molecule is C1=CC2=c3ccccc3=C(c3c4cc(N(c5ccccc5)c5cccc6ccccc56)ccc4c(-c4cc5ccccc5c5ccccc45)c4cc(N(c5ccccc5)c5cccc6ccccc56)ccc34)CC2C=C1. The molecule has 0 saturated heterocycles. The van der Waals surface area contributed by atoms with Crippen molar-refractivity contribution in [3.05, 3.63) is 301 Å². The van der Waals surface area contributed by atoms with Crippen LogP contribution in [0.4, 0.5) is 34.1 Å². The van der Waals surface area contributed by atoms with Crippen LogP contribution in [-0.2, 0) is 0 Å². The number of hydrogen-bond donors (Lipinski definition) is 0. The van der Waals surface area contributed by atoms with Crippen molar-refractivity contribution in [1.29, 1.82) is 0 Å². The minimum atomic E-state index is 0.239. The Labute approximate surface area is 442 Å². The van der Waals surface area contributed by atoms with Crippen LogP contribution in [0.3, 0.4) is 0 Å². The van der Waals surface area contributed by atoms with Gasteiger partial charge < -0.3 is 9.80 Å². The first-order valence-electron chi connectivity index (χ1n) is 26.5. The van der Waals surface area contributed by atoms with Crippen molar-refractivity contribution in [3.8, 4) is 11.1 Å². The highest BCUT2D eigenvalue weighted by Gasteiger charge is 2.28. The summed E-state index contributed by atoms with van der Waals surface area (Å²) in [5, 5.41) is 17.3. The first-order valence-corrected chi connectivity index (χ1v) is 26.5. The normalized spacial score (nSPS) is 14.0. The van der Waals surface area contributed by atoms with Crippen LogP contribution in [0, 0.1) is 5.92 Å². The number of allylic oxidation sites excluding steroid dienone is 4. The molecule has 0 heterocycles. The summed E-state index contributed by atoms with van der Waals surface area (Å²) in [6.45, 7) is 0. The molecule has 0 spiro atoms.